The Hall–Kier alpha value is -1.61. The fourth-order valence-electron chi connectivity index (χ4n) is 2.07. The van der Waals surface area contributed by atoms with E-state index in [1.807, 2.05) is 49.5 Å². The second-order valence-corrected chi connectivity index (χ2v) is 5.38. The maximum absolute atomic E-state index is 11.7. The molecule has 0 saturated carbocycles. The average Bonchev–Trinajstić information content (AvgIpc) is 2.41. The van der Waals surface area contributed by atoms with Gasteiger partial charge in [-0.2, -0.15) is 0 Å². The molecule has 0 N–H and O–H groups in total. The second kappa shape index (κ2) is 6.02. The van der Waals surface area contributed by atoms with Gasteiger partial charge < -0.3 is 4.90 Å². The number of carbonyl (C=O) groups excluding carboxylic acids is 1. The van der Waals surface area contributed by atoms with Gasteiger partial charge in [0.1, 0.15) is 0 Å². The lowest BCUT2D eigenvalue weighted by Crippen LogP contribution is -2.19. The Labute approximate surface area is 122 Å². The predicted octanol–water partition coefficient (Wildman–Crippen LogP) is 4.29. The van der Waals surface area contributed by atoms with Gasteiger partial charge >= 0.3 is 0 Å². The molecule has 19 heavy (non-hydrogen) atoms. The minimum absolute atomic E-state index is 0.0922. The van der Waals surface area contributed by atoms with Crippen molar-refractivity contribution in [2.24, 2.45) is 0 Å². The molecule has 0 saturated heterocycles. The van der Waals surface area contributed by atoms with E-state index < -0.39 is 0 Å². The first-order valence-electron chi connectivity index (χ1n) is 6.14. The molecule has 98 valence electrons. The van der Waals surface area contributed by atoms with Crippen LogP contribution in [0.25, 0.3) is 0 Å². The number of nitrogens with zero attached hydrogens (tertiary/aromatic N) is 1. The Kier molecular flexibility index (Phi) is 4.38. The third kappa shape index (κ3) is 3.24. The van der Waals surface area contributed by atoms with Gasteiger partial charge in [-0.1, -0.05) is 46.3 Å². The summed E-state index contributed by atoms with van der Waals surface area (Å²) in [6, 6.07) is 15.8. The Morgan fingerprint density at radius 3 is 2.42 bits per heavy atom. The van der Waals surface area contributed by atoms with Gasteiger partial charge in [-0.05, 0) is 30.7 Å². The fourth-order valence-corrected chi connectivity index (χ4v) is 2.48. The van der Waals surface area contributed by atoms with Crippen LogP contribution in [-0.4, -0.2) is 12.8 Å². The number of hydrogen-bond donors (Lipinski definition) is 0. The van der Waals surface area contributed by atoms with E-state index in [0.29, 0.717) is 0 Å². The van der Waals surface area contributed by atoms with Crippen LogP contribution in [0.2, 0.25) is 0 Å². The second-order valence-electron chi connectivity index (χ2n) is 4.52. The number of ketones is 1. The Bertz CT molecular complexity index is 595. The number of rotatable bonds is 4. The minimum Gasteiger partial charge on any atom is -0.370 e. The lowest BCUT2D eigenvalue weighted by atomic mass is 10.1. The molecule has 2 aromatic carbocycles. The number of halogens is 1. The van der Waals surface area contributed by atoms with E-state index >= 15 is 0 Å². The highest BCUT2D eigenvalue weighted by molar-refractivity contribution is 9.10. The molecule has 0 radical (unpaired) electrons. The van der Waals surface area contributed by atoms with Crippen LogP contribution in [0.15, 0.2) is 53.0 Å². The van der Waals surface area contributed by atoms with Gasteiger partial charge in [0.15, 0.2) is 5.78 Å². The Morgan fingerprint density at radius 2 is 1.74 bits per heavy atom. The zero-order chi connectivity index (χ0) is 13.8. The van der Waals surface area contributed by atoms with Crippen LogP contribution in [0.4, 0.5) is 5.69 Å². The van der Waals surface area contributed by atoms with Crippen LogP contribution in [0.5, 0.6) is 0 Å². The molecule has 0 fully saturated rings. The summed E-state index contributed by atoms with van der Waals surface area (Å²) in [5, 5.41) is 0. The standard InChI is InChI=1S/C16H16BrNO/c1-12(19)14-8-4-6-10-16(14)18(2)11-13-7-3-5-9-15(13)17/h3-10H,11H2,1-2H3. The Balaban J connectivity index is 2.28. The molecule has 0 atom stereocenters. The van der Waals surface area contributed by atoms with Crippen molar-refractivity contribution in [1.82, 2.24) is 0 Å². The lowest BCUT2D eigenvalue weighted by molar-refractivity contribution is 0.101. The molecule has 0 aliphatic heterocycles. The summed E-state index contributed by atoms with van der Waals surface area (Å²) in [5.41, 5.74) is 2.92. The molecule has 0 heterocycles. The van der Waals surface area contributed by atoms with Crippen molar-refractivity contribution in [3.05, 3.63) is 64.1 Å². The molecular formula is C16H16BrNO. The molecule has 0 aliphatic rings. The summed E-state index contributed by atoms with van der Waals surface area (Å²) >= 11 is 3.55. The van der Waals surface area contributed by atoms with Crippen molar-refractivity contribution in [3.8, 4) is 0 Å². The van der Waals surface area contributed by atoms with Crippen LogP contribution < -0.4 is 4.90 Å². The number of benzene rings is 2. The molecule has 2 rings (SSSR count). The van der Waals surface area contributed by atoms with Gasteiger partial charge in [0.25, 0.3) is 0 Å². The van der Waals surface area contributed by atoms with Crippen molar-refractivity contribution >= 4 is 27.4 Å². The van der Waals surface area contributed by atoms with Gasteiger partial charge in [0, 0.05) is 29.3 Å². The first-order chi connectivity index (χ1) is 9.09. The van der Waals surface area contributed by atoms with E-state index in [4.69, 9.17) is 0 Å². The Morgan fingerprint density at radius 1 is 1.11 bits per heavy atom. The molecule has 3 heteroatoms. The van der Waals surface area contributed by atoms with Gasteiger partial charge in [-0.15, -0.1) is 0 Å². The number of hydrogen-bond acceptors (Lipinski definition) is 2. The van der Waals surface area contributed by atoms with Crippen molar-refractivity contribution < 1.29 is 4.79 Å². The molecule has 0 aromatic heterocycles. The van der Waals surface area contributed by atoms with Gasteiger partial charge in [0.2, 0.25) is 0 Å². The number of carbonyl (C=O) groups is 1. The van der Waals surface area contributed by atoms with Crippen molar-refractivity contribution in [3.63, 3.8) is 0 Å². The smallest absolute Gasteiger partial charge is 0.161 e. The summed E-state index contributed by atoms with van der Waals surface area (Å²) in [4.78, 5) is 13.7. The van der Waals surface area contributed by atoms with Gasteiger partial charge in [-0.3, -0.25) is 4.79 Å². The largest absolute Gasteiger partial charge is 0.370 e. The number of para-hydroxylation sites is 1. The third-order valence-corrected chi connectivity index (χ3v) is 3.83. The van der Waals surface area contributed by atoms with Crippen LogP contribution in [-0.2, 0) is 6.54 Å². The van der Waals surface area contributed by atoms with E-state index in [2.05, 4.69) is 26.9 Å². The zero-order valence-electron chi connectivity index (χ0n) is 11.1. The fraction of sp³-hybridized carbons (Fsp3) is 0.188. The van der Waals surface area contributed by atoms with Gasteiger partial charge in [-0.25, -0.2) is 0 Å². The van der Waals surface area contributed by atoms with Crippen LogP contribution in [0, 0.1) is 0 Å². The molecule has 0 amide bonds. The van der Waals surface area contributed by atoms with Crippen LogP contribution in [0.1, 0.15) is 22.8 Å². The zero-order valence-corrected chi connectivity index (χ0v) is 12.6. The normalized spacial score (nSPS) is 10.3. The highest BCUT2D eigenvalue weighted by Crippen LogP contribution is 2.24. The summed E-state index contributed by atoms with van der Waals surface area (Å²) in [6.07, 6.45) is 0. The van der Waals surface area contributed by atoms with Crippen molar-refractivity contribution in [2.75, 3.05) is 11.9 Å². The van der Waals surface area contributed by atoms with Crippen LogP contribution in [0.3, 0.4) is 0 Å². The predicted molar refractivity (Wildman–Crippen MR) is 82.7 cm³/mol. The number of Topliss-reactive ketones (excluding diaryl/α,β-unsaturated/α-hetero) is 1. The summed E-state index contributed by atoms with van der Waals surface area (Å²) in [5.74, 6) is 0.0922. The maximum atomic E-state index is 11.7. The third-order valence-electron chi connectivity index (χ3n) is 3.06. The highest BCUT2D eigenvalue weighted by atomic mass is 79.9. The molecule has 0 spiro atoms. The van der Waals surface area contributed by atoms with Gasteiger partial charge in [0.05, 0.1) is 0 Å². The maximum Gasteiger partial charge on any atom is 0.161 e. The molecular weight excluding hydrogens is 302 g/mol. The average molecular weight is 318 g/mol. The molecule has 0 unspecified atom stereocenters. The molecule has 0 aliphatic carbocycles. The lowest BCUT2D eigenvalue weighted by Gasteiger charge is -2.22. The van der Waals surface area contributed by atoms with E-state index in [1.165, 1.54) is 5.56 Å². The minimum atomic E-state index is 0.0922. The monoisotopic (exact) mass is 317 g/mol. The van der Waals surface area contributed by atoms with Crippen molar-refractivity contribution in [1.29, 1.82) is 0 Å². The summed E-state index contributed by atoms with van der Waals surface area (Å²) in [7, 11) is 2.00. The van der Waals surface area contributed by atoms with E-state index in [1.54, 1.807) is 6.92 Å². The molecule has 0 bridgehead atoms. The van der Waals surface area contributed by atoms with E-state index in [0.717, 1.165) is 22.3 Å². The SMILES string of the molecule is CC(=O)c1ccccc1N(C)Cc1ccccc1Br. The summed E-state index contributed by atoms with van der Waals surface area (Å²) in [6.45, 7) is 2.36. The van der Waals surface area contributed by atoms with Crippen LogP contribution >= 0.6 is 15.9 Å². The first-order valence-corrected chi connectivity index (χ1v) is 6.93. The van der Waals surface area contributed by atoms with E-state index in [-0.39, 0.29) is 5.78 Å². The quantitative estimate of drug-likeness (QED) is 0.784. The molecule has 2 aromatic rings. The first kappa shape index (κ1) is 13.8. The topological polar surface area (TPSA) is 20.3 Å². The van der Waals surface area contributed by atoms with E-state index in [9.17, 15) is 4.79 Å². The molecule has 2 nitrogen and oxygen atoms in total. The highest BCUT2D eigenvalue weighted by Gasteiger charge is 2.11. The summed E-state index contributed by atoms with van der Waals surface area (Å²) < 4.78 is 1.09. The van der Waals surface area contributed by atoms with Crippen molar-refractivity contribution in [2.45, 2.75) is 13.5 Å². The number of anilines is 1.